The molecule has 0 spiro atoms. The third-order valence-corrected chi connectivity index (χ3v) is 3.20. The predicted octanol–water partition coefficient (Wildman–Crippen LogP) is 2.72. The van der Waals surface area contributed by atoms with Crippen LogP contribution in [0, 0.1) is 6.92 Å². The Bertz CT molecular complexity index is 561. The van der Waals surface area contributed by atoms with Crippen molar-refractivity contribution >= 4 is 11.9 Å². The molecule has 5 nitrogen and oxygen atoms in total. The summed E-state index contributed by atoms with van der Waals surface area (Å²) < 4.78 is 30.0. The van der Waals surface area contributed by atoms with Gasteiger partial charge in [0.15, 0.2) is 6.61 Å². The Labute approximate surface area is 133 Å². The lowest BCUT2D eigenvalue weighted by atomic mass is 10.0. The molecule has 1 amide bonds. The van der Waals surface area contributed by atoms with Crippen LogP contribution >= 0.6 is 0 Å². The number of aliphatic carboxylic acids is 1. The van der Waals surface area contributed by atoms with Crippen molar-refractivity contribution in [2.45, 2.75) is 45.6 Å². The van der Waals surface area contributed by atoms with Gasteiger partial charge in [-0.1, -0.05) is 26.0 Å². The van der Waals surface area contributed by atoms with E-state index in [1.54, 1.807) is 6.07 Å². The second-order valence-corrected chi connectivity index (χ2v) is 5.57. The van der Waals surface area contributed by atoms with E-state index in [1.807, 2.05) is 38.2 Å². The summed E-state index contributed by atoms with van der Waals surface area (Å²) in [4.78, 5) is 22.6. The summed E-state index contributed by atoms with van der Waals surface area (Å²) >= 11 is 0. The summed E-state index contributed by atoms with van der Waals surface area (Å²) in [6.45, 7) is 5.39. The maximum absolute atomic E-state index is 12.3. The number of carboxylic acid groups (broad SMARTS) is 1. The van der Waals surface area contributed by atoms with Gasteiger partial charge in [-0.05, 0) is 30.0 Å². The lowest BCUT2D eigenvalue weighted by Crippen LogP contribution is -2.44. The SMILES string of the molecule is Cc1ccc(C(C)C)c(OCC(=O)NC(CC(F)F)C(=O)O)c1. The average Bonchev–Trinajstić information content (AvgIpc) is 2.43. The first-order chi connectivity index (χ1) is 10.7. The summed E-state index contributed by atoms with van der Waals surface area (Å²) in [6, 6.07) is 3.96. The normalized spacial score (nSPS) is 12.3. The minimum atomic E-state index is -2.82. The van der Waals surface area contributed by atoms with Crippen LogP contribution in [0.4, 0.5) is 8.78 Å². The van der Waals surface area contributed by atoms with Crippen LogP contribution in [-0.2, 0) is 9.59 Å². The molecule has 1 atom stereocenters. The molecule has 0 fully saturated rings. The zero-order valence-corrected chi connectivity index (χ0v) is 13.3. The number of carbonyl (C=O) groups excluding carboxylic acids is 1. The fourth-order valence-electron chi connectivity index (χ4n) is 2.02. The summed E-state index contributed by atoms with van der Waals surface area (Å²) in [5, 5.41) is 10.9. The molecule has 0 aliphatic rings. The van der Waals surface area contributed by atoms with E-state index in [2.05, 4.69) is 0 Å². The molecule has 0 bridgehead atoms. The van der Waals surface area contributed by atoms with Gasteiger partial charge >= 0.3 is 5.97 Å². The number of ether oxygens (including phenoxy) is 1. The van der Waals surface area contributed by atoms with Crippen molar-refractivity contribution < 1.29 is 28.2 Å². The number of hydrogen-bond donors (Lipinski definition) is 2. The van der Waals surface area contributed by atoms with Gasteiger partial charge in [-0.2, -0.15) is 0 Å². The molecule has 0 saturated heterocycles. The fourth-order valence-corrected chi connectivity index (χ4v) is 2.02. The van der Waals surface area contributed by atoms with Crippen molar-refractivity contribution in [3.8, 4) is 5.75 Å². The molecule has 128 valence electrons. The lowest BCUT2D eigenvalue weighted by molar-refractivity contribution is -0.143. The summed E-state index contributed by atoms with van der Waals surface area (Å²) in [6.07, 6.45) is -3.76. The highest BCUT2D eigenvalue weighted by atomic mass is 19.3. The highest BCUT2D eigenvalue weighted by Crippen LogP contribution is 2.27. The lowest BCUT2D eigenvalue weighted by Gasteiger charge is -2.17. The van der Waals surface area contributed by atoms with Gasteiger partial charge in [-0.3, -0.25) is 4.79 Å². The number of benzene rings is 1. The molecule has 0 saturated carbocycles. The monoisotopic (exact) mass is 329 g/mol. The zero-order chi connectivity index (χ0) is 17.6. The molecular formula is C16H21F2NO4. The number of rotatable bonds is 8. The first-order valence-electron chi connectivity index (χ1n) is 7.24. The van der Waals surface area contributed by atoms with Gasteiger partial charge in [-0.15, -0.1) is 0 Å². The molecule has 7 heteroatoms. The summed E-state index contributed by atoms with van der Waals surface area (Å²) in [5.41, 5.74) is 1.86. The zero-order valence-electron chi connectivity index (χ0n) is 13.3. The Morgan fingerprint density at radius 2 is 1.96 bits per heavy atom. The van der Waals surface area contributed by atoms with Crippen LogP contribution in [0.1, 0.15) is 37.3 Å². The van der Waals surface area contributed by atoms with E-state index in [4.69, 9.17) is 9.84 Å². The van der Waals surface area contributed by atoms with Crippen LogP contribution in [0.3, 0.4) is 0 Å². The van der Waals surface area contributed by atoms with Crippen LogP contribution in [0.2, 0.25) is 0 Å². The molecule has 0 aromatic heterocycles. The number of amides is 1. The van der Waals surface area contributed by atoms with Gasteiger partial charge in [-0.25, -0.2) is 13.6 Å². The number of carboxylic acids is 1. The second kappa shape index (κ2) is 8.45. The molecule has 0 aliphatic heterocycles. The number of carbonyl (C=O) groups is 2. The van der Waals surface area contributed by atoms with Crippen LogP contribution in [0.15, 0.2) is 18.2 Å². The van der Waals surface area contributed by atoms with Crippen molar-refractivity contribution in [3.05, 3.63) is 29.3 Å². The van der Waals surface area contributed by atoms with Gasteiger partial charge < -0.3 is 15.2 Å². The van der Waals surface area contributed by atoms with Crippen molar-refractivity contribution in [2.75, 3.05) is 6.61 Å². The molecule has 1 aromatic carbocycles. The number of halogens is 2. The molecule has 0 aliphatic carbocycles. The first-order valence-corrected chi connectivity index (χ1v) is 7.24. The van der Waals surface area contributed by atoms with Crippen molar-refractivity contribution in [3.63, 3.8) is 0 Å². The largest absolute Gasteiger partial charge is 0.483 e. The average molecular weight is 329 g/mol. The smallest absolute Gasteiger partial charge is 0.326 e. The van der Waals surface area contributed by atoms with Gasteiger partial charge in [0.1, 0.15) is 11.8 Å². The third kappa shape index (κ3) is 6.22. The molecule has 1 aromatic rings. The predicted molar refractivity (Wildman–Crippen MR) is 81.0 cm³/mol. The molecule has 1 rings (SSSR count). The van der Waals surface area contributed by atoms with Crippen LogP contribution in [0.25, 0.3) is 0 Å². The Hall–Kier alpha value is -2.18. The van der Waals surface area contributed by atoms with Crippen LogP contribution < -0.4 is 10.1 Å². The van der Waals surface area contributed by atoms with Gasteiger partial charge in [0.05, 0.1) is 0 Å². The Kier molecular flexibility index (Phi) is 6.93. The molecule has 0 heterocycles. The van der Waals surface area contributed by atoms with Crippen molar-refractivity contribution in [1.29, 1.82) is 0 Å². The Morgan fingerprint density at radius 3 is 2.48 bits per heavy atom. The summed E-state index contributed by atoms with van der Waals surface area (Å²) in [5.74, 6) is -1.55. The van der Waals surface area contributed by atoms with Crippen molar-refractivity contribution in [2.24, 2.45) is 0 Å². The first kappa shape index (κ1) is 18.9. The minimum Gasteiger partial charge on any atom is -0.483 e. The van der Waals surface area contributed by atoms with E-state index < -0.39 is 37.4 Å². The number of hydrogen-bond acceptors (Lipinski definition) is 3. The molecule has 23 heavy (non-hydrogen) atoms. The van der Waals surface area contributed by atoms with E-state index >= 15 is 0 Å². The van der Waals surface area contributed by atoms with E-state index in [0.29, 0.717) is 5.75 Å². The quantitative estimate of drug-likeness (QED) is 0.769. The number of alkyl halides is 2. The maximum Gasteiger partial charge on any atom is 0.326 e. The Balaban J connectivity index is 2.69. The topological polar surface area (TPSA) is 75.6 Å². The van der Waals surface area contributed by atoms with E-state index in [-0.39, 0.29) is 5.92 Å². The maximum atomic E-state index is 12.3. The van der Waals surface area contributed by atoms with Gasteiger partial charge in [0.2, 0.25) is 6.43 Å². The summed E-state index contributed by atoms with van der Waals surface area (Å²) in [7, 11) is 0. The second-order valence-electron chi connectivity index (χ2n) is 5.57. The standard InChI is InChI=1S/C16H21F2NO4/c1-9(2)11-5-4-10(3)6-13(11)23-8-15(20)19-12(16(21)22)7-14(17)18/h4-6,9,12,14H,7-8H2,1-3H3,(H,19,20)(H,21,22). The molecule has 0 radical (unpaired) electrons. The van der Waals surface area contributed by atoms with Crippen LogP contribution in [-0.4, -0.2) is 36.1 Å². The van der Waals surface area contributed by atoms with Crippen LogP contribution in [0.5, 0.6) is 5.75 Å². The fraction of sp³-hybridized carbons (Fsp3) is 0.500. The van der Waals surface area contributed by atoms with E-state index in [9.17, 15) is 18.4 Å². The molecular weight excluding hydrogens is 308 g/mol. The van der Waals surface area contributed by atoms with Gasteiger partial charge in [0, 0.05) is 6.42 Å². The third-order valence-electron chi connectivity index (χ3n) is 3.20. The highest BCUT2D eigenvalue weighted by molar-refractivity contribution is 5.84. The van der Waals surface area contributed by atoms with E-state index in [0.717, 1.165) is 11.1 Å². The highest BCUT2D eigenvalue weighted by Gasteiger charge is 2.24. The minimum absolute atomic E-state index is 0.180. The number of nitrogens with one attached hydrogen (secondary N) is 1. The Morgan fingerprint density at radius 1 is 1.30 bits per heavy atom. The number of aryl methyl sites for hydroxylation is 1. The van der Waals surface area contributed by atoms with E-state index in [1.165, 1.54) is 0 Å². The van der Waals surface area contributed by atoms with Crippen molar-refractivity contribution in [1.82, 2.24) is 5.32 Å². The molecule has 1 unspecified atom stereocenters. The van der Waals surface area contributed by atoms with Gasteiger partial charge in [0.25, 0.3) is 5.91 Å². The molecule has 2 N–H and O–H groups in total.